The zero-order chi connectivity index (χ0) is 13.8. The van der Waals surface area contributed by atoms with E-state index in [4.69, 9.17) is 10.6 Å². The Morgan fingerprint density at radius 3 is 2.68 bits per heavy atom. The van der Waals surface area contributed by atoms with Gasteiger partial charge in [-0.3, -0.25) is 15.8 Å². The molecule has 1 heterocycles. The minimum atomic E-state index is -0.580. The molecule has 1 unspecified atom stereocenters. The van der Waals surface area contributed by atoms with Crippen LogP contribution in [0, 0.1) is 12.7 Å². The molecule has 3 N–H and O–H groups in total. The van der Waals surface area contributed by atoms with E-state index < -0.39 is 11.9 Å². The second-order valence-corrected chi connectivity index (χ2v) is 4.05. The molecule has 0 radical (unpaired) electrons. The van der Waals surface area contributed by atoms with Crippen LogP contribution >= 0.6 is 0 Å². The Bertz CT molecular complexity index is 559. The molecule has 6 heteroatoms. The highest BCUT2D eigenvalue weighted by Gasteiger charge is 2.20. The van der Waals surface area contributed by atoms with Crippen LogP contribution in [0.4, 0.5) is 4.39 Å². The molecule has 2 aromatic rings. The van der Waals surface area contributed by atoms with E-state index in [1.54, 1.807) is 30.6 Å². The third-order valence-electron chi connectivity index (χ3n) is 2.79. The van der Waals surface area contributed by atoms with Crippen molar-refractivity contribution in [1.82, 2.24) is 15.4 Å². The number of aryl methyl sites for hydroxylation is 1. The Morgan fingerprint density at radius 2 is 2.11 bits per heavy atom. The van der Waals surface area contributed by atoms with Crippen molar-refractivity contribution in [1.29, 1.82) is 0 Å². The van der Waals surface area contributed by atoms with Gasteiger partial charge in [0, 0.05) is 11.8 Å². The fourth-order valence-electron chi connectivity index (χ4n) is 1.79. The van der Waals surface area contributed by atoms with Crippen molar-refractivity contribution >= 4 is 0 Å². The number of methoxy groups -OCH3 is 1. The van der Waals surface area contributed by atoms with Crippen LogP contribution in [0.5, 0.6) is 5.75 Å². The smallest absolute Gasteiger partial charge is 0.170 e. The first-order valence-corrected chi connectivity index (χ1v) is 5.74. The predicted molar refractivity (Wildman–Crippen MR) is 68.9 cm³/mol. The number of nitrogens with two attached hydrogens (primary N) is 1. The monoisotopic (exact) mass is 262 g/mol. The van der Waals surface area contributed by atoms with E-state index in [-0.39, 0.29) is 5.75 Å². The summed E-state index contributed by atoms with van der Waals surface area (Å²) in [5, 5.41) is 0. The molecule has 0 amide bonds. The first-order valence-electron chi connectivity index (χ1n) is 5.74. The maximum absolute atomic E-state index is 14.2. The molecule has 0 saturated heterocycles. The van der Waals surface area contributed by atoms with Crippen LogP contribution in [0.15, 0.2) is 30.6 Å². The molecule has 1 atom stereocenters. The molecule has 0 aliphatic heterocycles. The molecule has 1 aromatic heterocycles. The Morgan fingerprint density at radius 1 is 1.32 bits per heavy atom. The van der Waals surface area contributed by atoms with E-state index in [0.29, 0.717) is 11.3 Å². The Balaban J connectivity index is 2.45. The largest absolute Gasteiger partial charge is 0.494 e. The summed E-state index contributed by atoms with van der Waals surface area (Å²) >= 11 is 0. The van der Waals surface area contributed by atoms with Gasteiger partial charge in [-0.05, 0) is 13.0 Å². The van der Waals surface area contributed by atoms with Crippen molar-refractivity contribution in [3.8, 4) is 5.75 Å². The van der Waals surface area contributed by atoms with Gasteiger partial charge in [-0.25, -0.2) is 9.82 Å². The van der Waals surface area contributed by atoms with Gasteiger partial charge in [0.2, 0.25) is 0 Å². The van der Waals surface area contributed by atoms with E-state index in [1.807, 2.05) is 6.92 Å². The molecule has 2 rings (SSSR count). The van der Waals surface area contributed by atoms with E-state index in [1.165, 1.54) is 7.11 Å². The number of halogens is 1. The molecule has 5 nitrogen and oxygen atoms in total. The van der Waals surface area contributed by atoms with Crippen LogP contribution in [0.2, 0.25) is 0 Å². The lowest BCUT2D eigenvalue weighted by Gasteiger charge is -2.17. The average Bonchev–Trinajstić information content (AvgIpc) is 2.43. The Kier molecular flexibility index (Phi) is 4.03. The number of benzene rings is 1. The van der Waals surface area contributed by atoms with Gasteiger partial charge in [0.25, 0.3) is 0 Å². The number of hydrazine groups is 1. The molecule has 1 aromatic carbocycles. The number of hydrogen-bond donors (Lipinski definition) is 2. The van der Waals surface area contributed by atoms with E-state index in [2.05, 4.69) is 15.4 Å². The van der Waals surface area contributed by atoms with E-state index in [0.717, 1.165) is 5.69 Å². The fraction of sp³-hybridized carbons (Fsp3) is 0.231. The van der Waals surface area contributed by atoms with Crippen molar-refractivity contribution in [2.75, 3.05) is 7.11 Å². The number of hydrogen-bond acceptors (Lipinski definition) is 5. The van der Waals surface area contributed by atoms with Crippen LogP contribution < -0.4 is 16.0 Å². The molecule has 0 fully saturated rings. The Hall–Kier alpha value is -2.05. The summed E-state index contributed by atoms with van der Waals surface area (Å²) in [6, 6.07) is 4.29. The highest BCUT2D eigenvalue weighted by Crippen LogP contribution is 2.27. The minimum absolute atomic E-state index is 0.165. The number of rotatable bonds is 4. The molecule has 0 spiro atoms. The second-order valence-electron chi connectivity index (χ2n) is 4.05. The summed E-state index contributed by atoms with van der Waals surface area (Å²) in [5.74, 6) is 5.21. The maximum atomic E-state index is 14.2. The zero-order valence-electron chi connectivity index (χ0n) is 10.7. The lowest BCUT2D eigenvalue weighted by molar-refractivity contribution is 0.381. The molecule has 19 heavy (non-hydrogen) atoms. The Labute approximate surface area is 110 Å². The van der Waals surface area contributed by atoms with Gasteiger partial charge in [0.15, 0.2) is 11.6 Å². The lowest BCUT2D eigenvalue weighted by atomic mass is 10.0. The molecule has 0 aliphatic rings. The number of nitrogens with one attached hydrogen (secondary N) is 1. The van der Waals surface area contributed by atoms with Gasteiger partial charge >= 0.3 is 0 Å². The van der Waals surface area contributed by atoms with E-state index in [9.17, 15) is 4.39 Å². The van der Waals surface area contributed by atoms with Crippen LogP contribution in [0.3, 0.4) is 0 Å². The normalized spacial score (nSPS) is 12.2. The van der Waals surface area contributed by atoms with Gasteiger partial charge < -0.3 is 4.74 Å². The van der Waals surface area contributed by atoms with Gasteiger partial charge in [0.1, 0.15) is 0 Å². The summed E-state index contributed by atoms with van der Waals surface area (Å²) in [7, 11) is 1.42. The summed E-state index contributed by atoms with van der Waals surface area (Å²) in [4.78, 5) is 8.34. The standard InChI is InChI=1S/C13H15FN4O/c1-8-6-17-10(7-16-8)13(18-15)9-4-3-5-11(19-2)12(9)14/h3-7,13,18H,15H2,1-2H3. The zero-order valence-corrected chi connectivity index (χ0v) is 10.7. The maximum Gasteiger partial charge on any atom is 0.170 e. The van der Waals surface area contributed by atoms with Crippen molar-refractivity contribution in [3.05, 3.63) is 53.4 Å². The first kappa shape index (κ1) is 13.4. The van der Waals surface area contributed by atoms with Crippen molar-refractivity contribution in [2.24, 2.45) is 5.84 Å². The second kappa shape index (κ2) is 5.73. The summed E-state index contributed by atoms with van der Waals surface area (Å²) in [6.45, 7) is 1.83. The predicted octanol–water partition coefficient (Wildman–Crippen LogP) is 1.49. The molecule has 0 aliphatic carbocycles. The lowest BCUT2D eigenvalue weighted by Crippen LogP contribution is -2.30. The van der Waals surface area contributed by atoms with Crippen LogP contribution in [-0.4, -0.2) is 17.1 Å². The van der Waals surface area contributed by atoms with E-state index >= 15 is 0 Å². The number of aromatic nitrogens is 2. The minimum Gasteiger partial charge on any atom is -0.494 e. The molecule has 100 valence electrons. The van der Waals surface area contributed by atoms with Crippen molar-refractivity contribution in [2.45, 2.75) is 13.0 Å². The molecule has 0 bridgehead atoms. The third-order valence-corrected chi connectivity index (χ3v) is 2.79. The molecule has 0 saturated carbocycles. The van der Waals surface area contributed by atoms with Crippen LogP contribution in [0.1, 0.15) is 23.0 Å². The van der Waals surface area contributed by atoms with Gasteiger partial charge in [-0.15, -0.1) is 0 Å². The average molecular weight is 262 g/mol. The van der Waals surface area contributed by atoms with Crippen molar-refractivity contribution in [3.63, 3.8) is 0 Å². The van der Waals surface area contributed by atoms with Crippen LogP contribution in [-0.2, 0) is 0 Å². The quantitative estimate of drug-likeness (QED) is 0.645. The number of nitrogens with zero attached hydrogens (tertiary/aromatic N) is 2. The SMILES string of the molecule is COc1cccc(C(NN)c2cnc(C)cn2)c1F. The first-order chi connectivity index (χ1) is 9.17. The highest BCUT2D eigenvalue weighted by atomic mass is 19.1. The third kappa shape index (κ3) is 2.69. The summed E-state index contributed by atoms with van der Waals surface area (Å²) in [5.41, 5.74) is 4.23. The highest BCUT2D eigenvalue weighted by molar-refractivity contribution is 5.36. The summed E-state index contributed by atoms with van der Waals surface area (Å²) in [6.07, 6.45) is 3.18. The topological polar surface area (TPSA) is 73.1 Å². The summed E-state index contributed by atoms with van der Waals surface area (Å²) < 4.78 is 19.2. The van der Waals surface area contributed by atoms with Gasteiger partial charge in [-0.2, -0.15) is 0 Å². The fourth-order valence-corrected chi connectivity index (χ4v) is 1.79. The number of ether oxygens (including phenoxy) is 1. The van der Waals surface area contributed by atoms with Crippen LogP contribution in [0.25, 0.3) is 0 Å². The van der Waals surface area contributed by atoms with Gasteiger partial charge in [-0.1, -0.05) is 12.1 Å². The van der Waals surface area contributed by atoms with Gasteiger partial charge in [0.05, 0.1) is 30.7 Å². The molecular weight excluding hydrogens is 247 g/mol. The van der Waals surface area contributed by atoms with Crippen molar-refractivity contribution < 1.29 is 9.13 Å². The molecular formula is C13H15FN4O.